The van der Waals surface area contributed by atoms with E-state index >= 15 is 0 Å². The summed E-state index contributed by atoms with van der Waals surface area (Å²) in [5.41, 5.74) is 6.02. The van der Waals surface area contributed by atoms with Gasteiger partial charge in [0.1, 0.15) is 11.6 Å². The van der Waals surface area contributed by atoms with Crippen LogP contribution >= 0.6 is 0 Å². The Kier molecular flexibility index (Phi) is 5.63. The molecule has 2 aliphatic heterocycles. The monoisotopic (exact) mass is 538 g/mol. The first kappa shape index (κ1) is 24.0. The summed E-state index contributed by atoms with van der Waals surface area (Å²) in [6.45, 7) is 1.95. The molecule has 0 spiro atoms. The molecular weight excluding hydrogens is 508 g/mol. The molecule has 1 saturated heterocycles. The Morgan fingerprint density at radius 3 is 2.63 bits per heavy atom. The number of fused-ring (bicyclic) bond motifs is 2. The van der Waals surface area contributed by atoms with Crippen molar-refractivity contribution in [1.29, 1.82) is 0 Å². The Balaban J connectivity index is 1.38. The van der Waals surface area contributed by atoms with Crippen LogP contribution in [0.4, 0.5) is 11.4 Å². The molecule has 3 heterocycles. The third kappa shape index (κ3) is 4.08. The van der Waals surface area contributed by atoms with E-state index in [0.717, 1.165) is 87.9 Å². The minimum absolute atomic E-state index is 0.234. The Bertz CT molecular complexity index is 1990. The molecule has 6 aromatic rings. The molecule has 7 nitrogen and oxygen atoms in total. The second kappa shape index (κ2) is 9.64. The van der Waals surface area contributed by atoms with E-state index in [4.69, 9.17) is 14.7 Å². The fourth-order valence-corrected chi connectivity index (χ4v) is 6.20. The standard InChI is InChI=1S/C34H30N6O/c1-41-26-14-15-27-30(19-26)40(33(37-27)24-12-11-21-6-2-3-7-23(21)18-24)29-16-13-22-8-4-10-28-31(22)32(29)39-34(38-28)36-25-9-5-17-35-20-25/h2-4,6-8,10-16,18-19,25,35H,5,9,17,20H2,1H3,(H2,36,38,39)/t25-/m0/s1. The van der Waals surface area contributed by atoms with Crippen molar-refractivity contribution >= 4 is 49.9 Å². The quantitative estimate of drug-likeness (QED) is 0.226. The largest absolute Gasteiger partial charge is 0.497 e. The molecule has 1 atom stereocenters. The van der Waals surface area contributed by atoms with Gasteiger partial charge in [0.2, 0.25) is 5.96 Å². The summed E-state index contributed by atoms with van der Waals surface area (Å²) >= 11 is 0. The molecule has 41 heavy (non-hydrogen) atoms. The highest BCUT2D eigenvalue weighted by Crippen LogP contribution is 2.41. The van der Waals surface area contributed by atoms with Crippen LogP contribution in [0.1, 0.15) is 12.8 Å². The first-order chi connectivity index (χ1) is 20.2. The van der Waals surface area contributed by atoms with Crippen LogP contribution in [0.25, 0.3) is 49.7 Å². The SMILES string of the molecule is COc1ccc2nc(-c3ccc4ccccc4c3)n(-c3ccc4cccc5c4c3NC(=N[C@H]3CCCNC3)N5)c2c1. The highest BCUT2D eigenvalue weighted by molar-refractivity contribution is 6.21. The number of hydrogen-bond acceptors (Lipinski definition) is 4. The minimum atomic E-state index is 0.234. The van der Waals surface area contributed by atoms with Crippen LogP contribution in [-0.4, -0.2) is 41.8 Å². The maximum Gasteiger partial charge on any atom is 0.200 e. The van der Waals surface area contributed by atoms with Gasteiger partial charge in [-0.3, -0.25) is 4.57 Å². The van der Waals surface area contributed by atoms with Crippen LogP contribution in [0.2, 0.25) is 0 Å². The number of methoxy groups -OCH3 is 1. The number of aromatic nitrogens is 2. The zero-order valence-electron chi connectivity index (χ0n) is 22.8. The van der Waals surface area contributed by atoms with Crippen molar-refractivity contribution in [2.75, 3.05) is 30.8 Å². The second-order valence-corrected chi connectivity index (χ2v) is 10.8. The molecule has 0 unspecified atom stereocenters. The fraction of sp³-hybridized carbons (Fsp3) is 0.176. The van der Waals surface area contributed by atoms with Crippen LogP contribution in [0.15, 0.2) is 96.0 Å². The number of ether oxygens (including phenoxy) is 1. The number of anilines is 2. The number of imidazole rings is 1. The molecule has 1 aromatic heterocycles. The molecule has 0 saturated carbocycles. The Morgan fingerprint density at radius 1 is 0.878 bits per heavy atom. The molecule has 5 aromatic carbocycles. The first-order valence-corrected chi connectivity index (χ1v) is 14.2. The lowest BCUT2D eigenvalue weighted by molar-refractivity contribution is 0.415. The topological polar surface area (TPSA) is 75.5 Å². The van der Waals surface area contributed by atoms with Gasteiger partial charge < -0.3 is 20.7 Å². The van der Waals surface area contributed by atoms with E-state index in [1.165, 1.54) is 10.8 Å². The first-order valence-electron chi connectivity index (χ1n) is 14.2. The van der Waals surface area contributed by atoms with Crippen molar-refractivity contribution in [2.24, 2.45) is 4.99 Å². The number of guanidine groups is 1. The maximum absolute atomic E-state index is 5.65. The van der Waals surface area contributed by atoms with E-state index in [0.29, 0.717) is 0 Å². The lowest BCUT2D eigenvalue weighted by Crippen LogP contribution is -2.36. The van der Waals surface area contributed by atoms with Crippen LogP contribution in [0.5, 0.6) is 5.75 Å². The molecule has 0 radical (unpaired) electrons. The van der Waals surface area contributed by atoms with Gasteiger partial charge in [0, 0.05) is 23.6 Å². The van der Waals surface area contributed by atoms with E-state index in [1.807, 2.05) is 12.1 Å². The molecule has 3 N–H and O–H groups in total. The molecule has 202 valence electrons. The fourth-order valence-electron chi connectivity index (χ4n) is 6.20. The van der Waals surface area contributed by atoms with Crippen molar-refractivity contribution in [3.05, 3.63) is 91.0 Å². The zero-order valence-corrected chi connectivity index (χ0v) is 22.8. The number of rotatable bonds is 4. The van der Waals surface area contributed by atoms with Crippen LogP contribution < -0.4 is 20.7 Å². The molecular formula is C34H30N6O. The summed E-state index contributed by atoms with van der Waals surface area (Å²) in [5, 5.41) is 15.4. The molecule has 0 amide bonds. The van der Waals surface area contributed by atoms with Crippen molar-refractivity contribution in [3.63, 3.8) is 0 Å². The molecule has 8 rings (SSSR count). The highest BCUT2D eigenvalue weighted by atomic mass is 16.5. The molecule has 1 fully saturated rings. The average Bonchev–Trinajstić information content (AvgIpc) is 3.40. The predicted octanol–water partition coefficient (Wildman–Crippen LogP) is 6.95. The van der Waals surface area contributed by atoms with Crippen molar-refractivity contribution in [1.82, 2.24) is 14.9 Å². The summed E-state index contributed by atoms with van der Waals surface area (Å²) in [5.74, 6) is 2.45. The van der Waals surface area contributed by atoms with Crippen molar-refractivity contribution in [2.45, 2.75) is 18.9 Å². The van der Waals surface area contributed by atoms with Gasteiger partial charge in [0.15, 0.2) is 0 Å². The molecule has 7 heteroatoms. The lowest BCUT2D eigenvalue weighted by atomic mass is 10.0. The normalized spacial score (nSPS) is 17.6. The Hall–Kier alpha value is -4.88. The Morgan fingerprint density at radius 2 is 1.76 bits per heavy atom. The Labute approximate surface area is 237 Å². The molecule has 0 aliphatic carbocycles. The van der Waals surface area contributed by atoms with Crippen LogP contribution in [0.3, 0.4) is 0 Å². The predicted molar refractivity (Wildman–Crippen MR) is 169 cm³/mol. The summed E-state index contributed by atoms with van der Waals surface area (Å²) in [6, 6.07) is 32.0. The van der Waals surface area contributed by atoms with Gasteiger partial charge in [-0.2, -0.15) is 0 Å². The van der Waals surface area contributed by atoms with Crippen molar-refractivity contribution < 1.29 is 4.74 Å². The van der Waals surface area contributed by atoms with Crippen LogP contribution in [0, 0.1) is 0 Å². The average molecular weight is 539 g/mol. The number of hydrogen-bond donors (Lipinski definition) is 3. The number of benzene rings is 5. The number of aliphatic imine (C=N–C) groups is 1. The second-order valence-electron chi connectivity index (χ2n) is 10.8. The molecule has 0 bridgehead atoms. The maximum atomic E-state index is 5.65. The van der Waals surface area contributed by atoms with E-state index < -0.39 is 0 Å². The summed E-state index contributed by atoms with van der Waals surface area (Å²) in [6.07, 6.45) is 2.22. The smallest absolute Gasteiger partial charge is 0.200 e. The van der Waals surface area contributed by atoms with E-state index in [-0.39, 0.29) is 6.04 Å². The summed E-state index contributed by atoms with van der Waals surface area (Å²) in [7, 11) is 1.70. The van der Waals surface area contributed by atoms with Gasteiger partial charge in [-0.05, 0) is 65.9 Å². The third-order valence-electron chi connectivity index (χ3n) is 8.21. The number of nitrogens with one attached hydrogen (secondary N) is 3. The van der Waals surface area contributed by atoms with E-state index in [1.54, 1.807) is 7.11 Å². The van der Waals surface area contributed by atoms with Gasteiger partial charge in [0.05, 0.1) is 41.2 Å². The third-order valence-corrected chi connectivity index (χ3v) is 8.21. The van der Waals surface area contributed by atoms with Gasteiger partial charge in [-0.15, -0.1) is 0 Å². The summed E-state index contributed by atoms with van der Waals surface area (Å²) < 4.78 is 7.91. The van der Waals surface area contributed by atoms with E-state index in [9.17, 15) is 0 Å². The van der Waals surface area contributed by atoms with Gasteiger partial charge in [0.25, 0.3) is 0 Å². The lowest BCUT2D eigenvalue weighted by Gasteiger charge is -2.27. The zero-order chi connectivity index (χ0) is 27.3. The van der Waals surface area contributed by atoms with Gasteiger partial charge in [-0.25, -0.2) is 9.98 Å². The highest BCUT2D eigenvalue weighted by Gasteiger charge is 2.24. The van der Waals surface area contributed by atoms with Gasteiger partial charge >= 0.3 is 0 Å². The molecule has 2 aliphatic rings. The van der Waals surface area contributed by atoms with Gasteiger partial charge in [-0.1, -0.05) is 54.6 Å². The van der Waals surface area contributed by atoms with Crippen LogP contribution in [-0.2, 0) is 0 Å². The number of nitrogens with zero attached hydrogens (tertiary/aromatic N) is 3. The minimum Gasteiger partial charge on any atom is -0.497 e. The van der Waals surface area contributed by atoms with E-state index in [2.05, 4.69) is 99.4 Å². The number of piperidine rings is 1. The summed E-state index contributed by atoms with van der Waals surface area (Å²) in [4.78, 5) is 10.3. The van der Waals surface area contributed by atoms with Crippen molar-refractivity contribution in [3.8, 4) is 22.8 Å².